The van der Waals surface area contributed by atoms with Gasteiger partial charge in [0.25, 0.3) is 5.91 Å². The van der Waals surface area contributed by atoms with Gasteiger partial charge in [0.05, 0.1) is 5.56 Å². The highest BCUT2D eigenvalue weighted by Gasteiger charge is 2.22. The number of amides is 1. The molecule has 0 unspecified atom stereocenters. The van der Waals surface area contributed by atoms with Crippen LogP contribution < -0.4 is 5.32 Å². The highest BCUT2D eigenvalue weighted by Crippen LogP contribution is 2.37. The molecule has 0 atom stereocenters. The number of nitriles is 1. The van der Waals surface area contributed by atoms with Gasteiger partial charge in [-0.05, 0) is 38.2 Å². The molecule has 1 amide bonds. The number of hydrogen-bond acceptors (Lipinski definition) is 4. The number of carboxylic acids is 1. The summed E-state index contributed by atoms with van der Waals surface area (Å²) in [4.78, 5) is 23.6. The van der Waals surface area contributed by atoms with Crippen LogP contribution in [-0.4, -0.2) is 17.0 Å². The minimum Gasteiger partial charge on any atom is -0.478 e. The van der Waals surface area contributed by atoms with E-state index in [1.807, 2.05) is 0 Å². The summed E-state index contributed by atoms with van der Waals surface area (Å²) in [5.41, 5.74) is 1.67. The Kier molecular flexibility index (Phi) is 4.20. The number of nitrogens with one attached hydrogen (secondary N) is 1. The van der Waals surface area contributed by atoms with Crippen LogP contribution in [0, 0.1) is 11.3 Å². The molecule has 2 rings (SSSR count). The number of fused-ring (bicyclic) bond motifs is 1. The normalized spacial score (nSPS) is 14.3. The molecule has 0 fully saturated rings. The zero-order valence-electron chi connectivity index (χ0n) is 11.0. The van der Waals surface area contributed by atoms with Crippen LogP contribution in [0.3, 0.4) is 0 Å². The quantitative estimate of drug-likeness (QED) is 0.837. The lowest BCUT2D eigenvalue weighted by Gasteiger charge is -2.09. The fraction of sp³-hybridized carbons (Fsp3) is 0.357. The van der Waals surface area contributed by atoms with E-state index in [0.29, 0.717) is 10.6 Å². The molecule has 0 bridgehead atoms. The summed E-state index contributed by atoms with van der Waals surface area (Å²) in [6, 6.07) is 2.15. The Bertz CT molecular complexity index is 638. The van der Waals surface area contributed by atoms with Gasteiger partial charge in [-0.3, -0.25) is 4.79 Å². The molecule has 0 aliphatic heterocycles. The second kappa shape index (κ2) is 5.88. The van der Waals surface area contributed by atoms with Crippen LogP contribution in [0.5, 0.6) is 0 Å². The van der Waals surface area contributed by atoms with Gasteiger partial charge in [-0.1, -0.05) is 0 Å². The van der Waals surface area contributed by atoms with Crippen LogP contribution >= 0.6 is 11.3 Å². The predicted octanol–water partition coefficient (Wildman–Crippen LogP) is 2.47. The van der Waals surface area contributed by atoms with Crippen LogP contribution in [0.15, 0.2) is 11.6 Å². The van der Waals surface area contributed by atoms with Gasteiger partial charge >= 0.3 is 5.97 Å². The summed E-state index contributed by atoms with van der Waals surface area (Å²) in [6.45, 7) is 1.43. The highest BCUT2D eigenvalue weighted by atomic mass is 32.1. The largest absolute Gasteiger partial charge is 0.478 e. The summed E-state index contributed by atoms with van der Waals surface area (Å²) in [7, 11) is 0. The van der Waals surface area contributed by atoms with E-state index in [0.717, 1.165) is 42.2 Å². The number of hydrogen-bond donors (Lipinski definition) is 2. The van der Waals surface area contributed by atoms with Crippen molar-refractivity contribution in [2.45, 2.75) is 32.6 Å². The molecule has 6 heteroatoms. The first kappa shape index (κ1) is 14.3. The Hall–Kier alpha value is -2.13. The van der Waals surface area contributed by atoms with Crippen LogP contribution in [-0.2, 0) is 22.4 Å². The van der Waals surface area contributed by atoms with Gasteiger partial charge in [0, 0.05) is 16.5 Å². The average Bonchev–Trinajstić information content (AvgIpc) is 2.74. The molecule has 0 radical (unpaired) electrons. The highest BCUT2D eigenvalue weighted by molar-refractivity contribution is 7.16. The van der Waals surface area contributed by atoms with E-state index in [2.05, 4.69) is 11.4 Å². The molecule has 1 aromatic rings. The molecule has 0 spiro atoms. The van der Waals surface area contributed by atoms with Crippen LogP contribution in [0.1, 0.15) is 35.8 Å². The monoisotopic (exact) mass is 290 g/mol. The Morgan fingerprint density at radius 2 is 2.10 bits per heavy atom. The maximum absolute atomic E-state index is 11.9. The minimum atomic E-state index is -1.16. The van der Waals surface area contributed by atoms with E-state index >= 15 is 0 Å². The van der Waals surface area contributed by atoms with Crippen molar-refractivity contribution in [1.29, 1.82) is 5.26 Å². The van der Waals surface area contributed by atoms with Crippen molar-refractivity contribution in [3.63, 3.8) is 0 Å². The second-order valence-corrected chi connectivity index (χ2v) is 5.75. The van der Waals surface area contributed by atoms with Crippen molar-refractivity contribution < 1.29 is 14.7 Å². The van der Waals surface area contributed by atoms with E-state index in [-0.39, 0.29) is 5.57 Å². The smallest absolute Gasteiger partial charge is 0.328 e. The van der Waals surface area contributed by atoms with E-state index in [1.54, 1.807) is 0 Å². The van der Waals surface area contributed by atoms with Gasteiger partial charge in [-0.2, -0.15) is 5.26 Å². The summed E-state index contributed by atoms with van der Waals surface area (Å²) in [5.74, 6) is -1.65. The molecule has 1 aliphatic rings. The number of nitrogens with zero attached hydrogens (tertiary/aromatic N) is 1. The van der Waals surface area contributed by atoms with Crippen LogP contribution in [0.25, 0.3) is 0 Å². The Balaban J connectivity index is 2.26. The van der Waals surface area contributed by atoms with Gasteiger partial charge in [0.15, 0.2) is 0 Å². The van der Waals surface area contributed by atoms with Gasteiger partial charge in [0.2, 0.25) is 0 Å². The number of carbonyl (C=O) groups excluding carboxylic acids is 1. The predicted molar refractivity (Wildman–Crippen MR) is 75.7 cm³/mol. The first-order valence-electron chi connectivity index (χ1n) is 6.30. The molecule has 5 nitrogen and oxygen atoms in total. The first-order valence-corrected chi connectivity index (χ1v) is 7.11. The summed E-state index contributed by atoms with van der Waals surface area (Å²) in [5, 5.41) is 21.1. The number of anilines is 1. The number of aliphatic carboxylic acids is 1. The molecule has 0 saturated carbocycles. The molecule has 1 aliphatic carbocycles. The van der Waals surface area contributed by atoms with Crippen molar-refractivity contribution in [3.8, 4) is 6.07 Å². The summed E-state index contributed by atoms with van der Waals surface area (Å²) in [6.07, 6.45) is 4.82. The van der Waals surface area contributed by atoms with E-state index in [1.165, 1.54) is 18.3 Å². The molecule has 0 aromatic carbocycles. The summed E-state index contributed by atoms with van der Waals surface area (Å²) < 4.78 is 0. The molecular formula is C14H14N2O3S. The lowest BCUT2D eigenvalue weighted by atomic mass is 9.96. The van der Waals surface area contributed by atoms with Crippen molar-refractivity contribution in [1.82, 2.24) is 0 Å². The maximum atomic E-state index is 11.9. The molecule has 0 saturated heterocycles. The molecule has 1 heterocycles. The fourth-order valence-electron chi connectivity index (χ4n) is 2.22. The molecular weight excluding hydrogens is 276 g/mol. The number of rotatable bonds is 3. The van der Waals surface area contributed by atoms with Gasteiger partial charge in [-0.15, -0.1) is 11.3 Å². The number of aryl methyl sites for hydroxylation is 1. The van der Waals surface area contributed by atoms with Crippen molar-refractivity contribution in [2.24, 2.45) is 0 Å². The topological polar surface area (TPSA) is 90.2 Å². The van der Waals surface area contributed by atoms with Crippen LogP contribution in [0.4, 0.5) is 5.00 Å². The third-order valence-corrected chi connectivity index (χ3v) is 4.42. The number of carboxylic acid groups (broad SMARTS) is 1. The minimum absolute atomic E-state index is 0.104. The lowest BCUT2D eigenvalue weighted by molar-refractivity contribution is -0.131. The maximum Gasteiger partial charge on any atom is 0.328 e. The third kappa shape index (κ3) is 2.89. The number of thiophene rings is 1. The van der Waals surface area contributed by atoms with E-state index in [4.69, 9.17) is 5.11 Å². The molecule has 20 heavy (non-hydrogen) atoms. The fourth-order valence-corrected chi connectivity index (χ4v) is 3.46. The van der Waals surface area contributed by atoms with Crippen molar-refractivity contribution >= 4 is 28.2 Å². The molecule has 1 aromatic heterocycles. The van der Waals surface area contributed by atoms with Gasteiger partial charge in [0.1, 0.15) is 11.1 Å². The van der Waals surface area contributed by atoms with Crippen molar-refractivity contribution in [2.75, 3.05) is 5.32 Å². The SMILES string of the molecule is CC(=CC(=O)O)C(=O)Nc1sc2c(c1C#N)CCCC2. The second-order valence-electron chi connectivity index (χ2n) is 4.65. The van der Waals surface area contributed by atoms with Gasteiger partial charge < -0.3 is 10.4 Å². The lowest BCUT2D eigenvalue weighted by Crippen LogP contribution is -2.13. The number of carbonyl (C=O) groups is 2. The first-order chi connectivity index (χ1) is 9.52. The zero-order chi connectivity index (χ0) is 14.7. The van der Waals surface area contributed by atoms with Gasteiger partial charge in [-0.25, -0.2) is 4.79 Å². The third-order valence-electron chi connectivity index (χ3n) is 3.21. The average molecular weight is 290 g/mol. The Morgan fingerprint density at radius 1 is 1.40 bits per heavy atom. The van der Waals surface area contributed by atoms with Crippen LogP contribution in [0.2, 0.25) is 0 Å². The molecule has 2 N–H and O–H groups in total. The Labute approximate surface area is 120 Å². The zero-order valence-corrected chi connectivity index (χ0v) is 11.8. The van der Waals surface area contributed by atoms with Crippen molar-refractivity contribution in [3.05, 3.63) is 27.7 Å². The molecule has 104 valence electrons. The summed E-state index contributed by atoms with van der Waals surface area (Å²) >= 11 is 1.42. The Morgan fingerprint density at radius 3 is 2.75 bits per heavy atom. The van der Waals surface area contributed by atoms with E-state index < -0.39 is 11.9 Å². The van der Waals surface area contributed by atoms with E-state index in [9.17, 15) is 14.9 Å². The standard InChI is InChI=1S/C14H14N2O3S/c1-8(6-12(17)18)13(19)16-14-10(7-15)9-4-2-3-5-11(9)20-14/h6H,2-5H2,1H3,(H,16,19)(H,17,18).